The lowest BCUT2D eigenvalue weighted by atomic mass is 9.79. The summed E-state index contributed by atoms with van der Waals surface area (Å²) in [6.45, 7) is 1.86. The van der Waals surface area contributed by atoms with Crippen LogP contribution in [0.4, 0.5) is 10.1 Å². The summed E-state index contributed by atoms with van der Waals surface area (Å²) in [4.78, 5) is 10.9. The second-order valence-electron chi connectivity index (χ2n) is 4.35. The number of carboxylic acids is 1. The van der Waals surface area contributed by atoms with Crippen LogP contribution < -0.4 is 5.32 Å². The van der Waals surface area contributed by atoms with Crippen LogP contribution in [0.15, 0.2) is 16.6 Å². The standard InChI is InChI=1S/C12H13BrFNO2/c1-6-4-8(13)9(14)5-11(6)15-10-3-2-7(10)12(16)17/h4-5,7,10,15H,2-3H2,1H3,(H,16,17). The molecule has 0 bridgehead atoms. The van der Waals surface area contributed by atoms with Crippen molar-refractivity contribution in [3.63, 3.8) is 0 Å². The van der Waals surface area contributed by atoms with E-state index < -0.39 is 5.97 Å². The summed E-state index contributed by atoms with van der Waals surface area (Å²) in [6, 6.07) is 3.00. The van der Waals surface area contributed by atoms with Crippen LogP contribution in [-0.4, -0.2) is 17.1 Å². The first-order chi connectivity index (χ1) is 7.99. The van der Waals surface area contributed by atoms with Crippen LogP contribution in [-0.2, 0) is 4.79 Å². The van der Waals surface area contributed by atoms with Gasteiger partial charge in [0.25, 0.3) is 0 Å². The fourth-order valence-electron chi connectivity index (χ4n) is 1.97. The molecule has 1 fully saturated rings. The van der Waals surface area contributed by atoms with Crippen molar-refractivity contribution < 1.29 is 14.3 Å². The smallest absolute Gasteiger partial charge is 0.308 e. The van der Waals surface area contributed by atoms with Gasteiger partial charge >= 0.3 is 5.97 Å². The molecule has 1 aromatic rings. The fourth-order valence-corrected chi connectivity index (χ4v) is 2.43. The van der Waals surface area contributed by atoms with E-state index in [1.54, 1.807) is 6.07 Å². The van der Waals surface area contributed by atoms with Gasteiger partial charge in [0, 0.05) is 11.7 Å². The number of nitrogens with one attached hydrogen (secondary N) is 1. The zero-order valence-electron chi connectivity index (χ0n) is 9.34. The lowest BCUT2D eigenvalue weighted by molar-refractivity contribution is -0.144. The summed E-state index contributed by atoms with van der Waals surface area (Å²) in [5.74, 6) is -1.49. The zero-order chi connectivity index (χ0) is 12.6. The van der Waals surface area contributed by atoms with Gasteiger partial charge in [-0.05, 0) is 53.4 Å². The Kier molecular flexibility index (Phi) is 3.38. The number of rotatable bonds is 3. The second-order valence-corrected chi connectivity index (χ2v) is 5.21. The molecule has 2 atom stereocenters. The van der Waals surface area contributed by atoms with Crippen molar-refractivity contribution in [1.29, 1.82) is 0 Å². The van der Waals surface area contributed by atoms with Gasteiger partial charge in [0.2, 0.25) is 0 Å². The fraction of sp³-hybridized carbons (Fsp3) is 0.417. The van der Waals surface area contributed by atoms with Gasteiger partial charge in [-0.2, -0.15) is 0 Å². The van der Waals surface area contributed by atoms with Crippen molar-refractivity contribution >= 4 is 27.6 Å². The zero-order valence-corrected chi connectivity index (χ0v) is 10.9. The molecule has 1 saturated carbocycles. The van der Waals surface area contributed by atoms with Gasteiger partial charge < -0.3 is 10.4 Å². The van der Waals surface area contributed by atoms with Gasteiger partial charge in [-0.15, -0.1) is 0 Å². The van der Waals surface area contributed by atoms with Crippen molar-refractivity contribution in [3.8, 4) is 0 Å². The van der Waals surface area contributed by atoms with Gasteiger partial charge in [-0.25, -0.2) is 4.39 Å². The largest absolute Gasteiger partial charge is 0.481 e. The molecular formula is C12H13BrFNO2. The summed E-state index contributed by atoms with van der Waals surface area (Å²) in [5, 5.41) is 12.0. The van der Waals surface area contributed by atoms with E-state index in [-0.39, 0.29) is 17.8 Å². The first-order valence-corrected chi connectivity index (χ1v) is 6.23. The number of aryl methyl sites for hydroxylation is 1. The SMILES string of the molecule is Cc1cc(Br)c(F)cc1NC1CCC1C(=O)O. The molecule has 1 aliphatic rings. The molecule has 0 heterocycles. The minimum absolute atomic E-state index is 0.0909. The number of hydrogen-bond donors (Lipinski definition) is 2. The highest BCUT2D eigenvalue weighted by Crippen LogP contribution is 2.32. The summed E-state index contributed by atoms with van der Waals surface area (Å²) >= 11 is 3.12. The van der Waals surface area contributed by atoms with Crippen molar-refractivity contribution in [1.82, 2.24) is 0 Å². The van der Waals surface area contributed by atoms with Crippen molar-refractivity contribution in [3.05, 3.63) is 28.0 Å². The molecule has 0 aromatic heterocycles. The molecular weight excluding hydrogens is 289 g/mol. The Labute approximate surface area is 107 Å². The highest BCUT2D eigenvalue weighted by atomic mass is 79.9. The predicted molar refractivity (Wildman–Crippen MR) is 66.6 cm³/mol. The molecule has 1 aliphatic carbocycles. The summed E-state index contributed by atoms with van der Waals surface area (Å²) < 4.78 is 13.8. The van der Waals surface area contributed by atoms with Gasteiger partial charge in [0.1, 0.15) is 5.82 Å². The number of benzene rings is 1. The molecule has 2 rings (SSSR count). The highest BCUT2D eigenvalue weighted by molar-refractivity contribution is 9.10. The van der Waals surface area contributed by atoms with E-state index in [0.29, 0.717) is 16.6 Å². The number of anilines is 1. The molecule has 0 spiro atoms. The van der Waals surface area contributed by atoms with Crippen LogP contribution in [0.1, 0.15) is 18.4 Å². The molecule has 17 heavy (non-hydrogen) atoms. The van der Waals surface area contributed by atoms with Crippen molar-refractivity contribution in [2.45, 2.75) is 25.8 Å². The van der Waals surface area contributed by atoms with E-state index in [1.165, 1.54) is 6.07 Å². The maximum absolute atomic E-state index is 13.4. The van der Waals surface area contributed by atoms with Crippen molar-refractivity contribution in [2.24, 2.45) is 5.92 Å². The van der Waals surface area contributed by atoms with Gasteiger partial charge in [0.15, 0.2) is 0 Å². The minimum atomic E-state index is -0.788. The Hall–Kier alpha value is -1.10. The number of hydrogen-bond acceptors (Lipinski definition) is 2. The van der Waals surface area contributed by atoms with Gasteiger partial charge in [-0.1, -0.05) is 0 Å². The Balaban J connectivity index is 2.14. The Morgan fingerprint density at radius 2 is 2.24 bits per heavy atom. The van der Waals surface area contributed by atoms with E-state index in [9.17, 15) is 9.18 Å². The van der Waals surface area contributed by atoms with E-state index >= 15 is 0 Å². The summed E-state index contributed by atoms with van der Waals surface area (Å²) in [5.41, 5.74) is 1.57. The Morgan fingerprint density at radius 1 is 1.53 bits per heavy atom. The Morgan fingerprint density at radius 3 is 2.76 bits per heavy atom. The lowest BCUT2D eigenvalue weighted by Gasteiger charge is -2.35. The van der Waals surface area contributed by atoms with Crippen molar-refractivity contribution in [2.75, 3.05) is 5.32 Å². The minimum Gasteiger partial charge on any atom is -0.481 e. The van der Waals surface area contributed by atoms with E-state index in [1.807, 2.05) is 6.92 Å². The summed E-state index contributed by atoms with van der Waals surface area (Å²) in [7, 11) is 0. The Bertz CT molecular complexity index is 464. The third-order valence-electron chi connectivity index (χ3n) is 3.20. The quantitative estimate of drug-likeness (QED) is 0.901. The molecule has 2 unspecified atom stereocenters. The molecule has 92 valence electrons. The average Bonchev–Trinajstić information content (AvgIpc) is 2.18. The predicted octanol–water partition coefficient (Wildman–Crippen LogP) is 3.17. The molecule has 0 radical (unpaired) electrons. The van der Waals surface area contributed by atoms with E-state index in [0.717, 1.165) is 12.0 Å². The number of carbonyl (C=O) groups is 1. The molecule has 0 amide bonds. The molecule has 3 nitrogen and oxygen atoms in total. The van der Waals surface area contributed by atoms with E-state index in [4.69, 9.17) is 5.11 Å². The first kappa shape index (κ1) is 12.4. The van der Waals surface area contributed by atoms with Crippen LogP contribution in [0.25, 0.3) is 0 Å². The normalized spacial score (nSPS) is 23.0. The van der Waals surface area contributed by atoms with Crippen LogP contribution >= 0.6 is 15.9 Å². The van der Waals surface area contributed by atoms with E-state index in [2.05, 4.69) is 21.2 Å². The highest BCUT2D eigenvalue weighted by Gasteiger charge is 2.36. The summed E-state index contributed by atoms with van der Waals surface area (Å²) in [6.07, 6.45) is 1.50. The van der Waals surface area contributed by atoms with Crippen LogP contribution in [0.3, 0.4) is 0 Å². The maximum atomic E-state index is 13.4. The molecule has 1 aromatic carbocycles. The number of carboxylic acid groups (broad SMARTS) is 1. The third-order valence-corrected chi connectivity index (χ3v) is 3.81. The third kappa shape index (κ3) is 2.44. The lowest BCUT2D eigenvalue weighted by Crippen LogP contribution is -2.43. The maximum Gasteiger partial charge on any atom is 0.308 e. The number of aliphatic carboxylic acids is 1. The van der Waals surface area contributed by atoms with Crippen LogP contribution in [0.5, 0.6) is 0 Å². The molecule has 0 aliphatic heterocycles. The molecule has 5 heteroatoms. The number of halogens is 2. The average molecular weight is 302 g/mol. The van der Waals surface area contributed by atoms with Crippen LogP contribution in [0.2, 0.25) is 0 Å². The molecule has 0 saturated heterocycles. The van der Waals surface area contributed by atoms with Crippen LogP contribution in [0, 0.1) is 18.7 Å². The molecule has 2 N–H and O–H groups in total. The first-order valence-electron chi connectivity index (χ1n) is 5.44. The monoisotopic (exact) mass is 301 g/mol. The second kappa shape index (κ2) is 4.64. The van der Waals surface area contributed by atoms with Gasteiger partial charge in [0.05, 0.1) is 10.4 Å². The van der Waals surface area contributed by atoms with Gasteiger partial charge in [-0.3, -0.25) is 4.79 Å². The topological polar surface area (TPSA) is 49.3 Å².